The molecule has 1 aromatic carbocycles. The maximum atomic E-state index is 13.9. The molecule has 32 heavy (non-hydrogen) atoms. The summed E-state index contributed by atoms with van der Waals surface area (Å²) in [5.41, 5.74) is 6.09. The van der Waals surface area contributed by atoms with Gasteiger partial charge in [0.05, 0.1) is 17.3 Å². The number of carbonyl (C=O) groups excluding carboxylic acids is 1. The molecule has 1 unspecified atom stereocenters. The molecule has 0 saturated carbocycles. The second-order valence-corrected chi connectivity index (χ2v) is 9.04. The van der Waals surface area contributed by atoms with Crippen LogP contribution in [-0.2, 0) is 7.05 Å². The van der Waals surface area contributed by atoms with E-state index in [2.05, 4.69) is 26.4 Å². The third-order valence-corrected chi connectivity index (χ3v) is 6.79. The first-order valence-electron chi connectivity index (χ1n) is 10.6. The highest BCUT2D eigenvalue weighted by Crippen LogP contribution is 2.45. The number of hydrogen-bond donors (Lipinski definition) is 1. The number of fused-ring (bicyclic) bond motifs is 2. The molecule has 3 aromatic heterocycles. The Hall–Kier alpha value is -3.23. The number of hydrogen-bond acceptors (Lipinski definition) is 5. The summed E-state index contributed by atoms with van der Waals surface area (Å²) in [6.45, 7) is 5.77. The Morgan fingerprint density at radius 3 is 2.56 bits per heavy atom. The van der Waals surface area contributed by atoms with Crippen LogP contribution in [-0.4, -0.2) is 43.5 Å². The van der Waals surface area contributed by atoms with Crippen molar-refractivity contribution in [2.24, 2.45) is 7.05 Å². The monoisotopic (exact) mass is 447 g/mol. The number of pyridine rings is 1. The smallest absolute Gasteiger partial charge is 0.262 e. The summed E-state index contributed by atoms with van der Waals surface area (Å²) in [6.07, 6.45) is 2.11. The van der Waals surface area contributed by atoms with Gasteiger partial charge >= 0.3 is 0 Å². The van der Waals surface area contributed by atoms with E-state index in [9.17, 15) is 4.79 Å². The summed E-state index contributed by atoms with van der Waals surface area (Å²) in [5, 5.41) is 12.3. The van der Waals surface area contributed by atoms with Gasteiger partial charge in [0.1, 0.15) is 17.4 Å². The first-order chi connectivity index (χ1) is 15.4. The van der Waals surface area contributed by atoms with E-state index in [-0.39, 0.29) is 11.9 Å². The minimum absolute atomic E-state index is 0.0372. The van der Waals surface area contributed by atoms with E-state index >= 15 is 0 Å². The largest absolute Gasteiger partial charge is 0.343 e. The lowest BCUT2D eigenvalue weighted by Gasteiger charge is -2.33. The highest BCUT2D eigenvalue weighted by Gasteiger charge is 2.45. The van der Waals surface area contributed by atoms with Crippen LogP contribution in [0.4, 0.5) is 5.82 Å². The second kappa shape index (κ2) is 6.88. The standard InChI is InChI=1S/C23H22ClN7O/c1-12-8-17(26-22-19(12)27-28-29(22)3)31-20(14-4-6-15(24)7-5-14)21-18(23(31)32)13(2)11-30(21)16-9-25-10-16/h4-8,11,16,20,25H,9-10H2,1-3H3. The Bertz CT molecular complexity index is 1380. The zero-order valence-corrected chi connectivity index (χ0v) is 18.8. The van der Waals surface area contributed by atoms with Crippen LogP contribution in [0.2, 0.25) is 5.02 Å². The molecule has 5 heterocycles. The molecule has 9 heteroatoms. The van der Waals surface area contributed by atoms with Gasteiger partial charge in [-0.2, -0.15) is 0 Å². The van der Waals surface area contributed by atoms with Crippen molar-refractivity contribution in [3.05, 3.63) is 69.5 Å². The van der Waals surface area contributed by atoms with Gasteiger partial charge in [-0.25, -0.2) is 9.67 Å². The van der Waals surface area contributed by atoms with Crippen molar-refractivity contribution in [3.63, 3.8) is 0 Å². The zero-order chi connectivity index (χ0) is 22.1. The van der Waals surface area contributed by atoms with Crippen molar-refractivity contribution in [2.45, 2.75) is 25.9 Å². The number of amides is 1. The minimum Gasteiger partial charge on any atom is -0.343 e. The minimum atomic E-state index is -0.297. The number of halogens is 1. The summed E-state index contributed by atoms with van der Waals surface area (Å²) in [7, 11) is 1.81. The SMILES string of the molecule is Cc1cn(C2CNC2)c2c1C(=O)N(c1cc(C)c3nnn(C)c3n1)C2c1ccc(Cl)cc1. The molecule has 0 spiro atoms. The van der Waals surface area contributed by atoms with Crippen molar-refractivity contribution >= 4 is 34.5 Å². The Labute approximate surface area is 189 Å². The van der Waals surface area contributed by atoms with Crippen LogP contribution < -0.4 is 10.2 Å². The van der Waals surface area contributed by atoms with Gasteiger partial charge in [-0.15, -0.1) is 5.10 Å². The van der Waals surface area contributed by atoms with E-state index in [4.69, 9.17) is 16.6 Å². The number of nitrogens with zero attached hydrogens (tertiary/aromatic N) is 6. The van der Waals surface area contributed by atoms with E-state index in [1.54, 1.807) is 4.68 Å². The van der Waals surface area contributed by atoms with E-state index in [1.807, 2.05) is 56.1 Å². The fourth-order valence-corrected chi connectivity index (χ4v) is 4.94. The molecule has 4 aromatic rings. The van der Waals surface area contributed by atoms with Crippen LogP contribution in [0.1, 0.15) is 44.8 Å². The van der Waals surface area contributed by atoms with Crippen molar-refractivity contribution in [1.82, 2.24) is 29.9 Å². The average molecular weight is 448 g/mol. The Morgan fingerprint density at radius 2 is 1.88 bits per heavy atom. The summed E-state index contributed by atoms with van der Waals surface area (Å²) >= 11 is 6.19. The van der Waals surface area contributed by atoms with E-state index in [0.717, 1.165) is 46.6 Å². The molecule has 1 N–H and O–H groups in total. The average Bonchev–Trinajstić information content (AvgIpc) is 3.35. The fourth-order valence-electron chi connectivity index (χ4n) is 4.81. The van der Waals surface area contributed by atoms with E-state index < -0.39 is 0 Å². The van der Waals surface area contributed by atoms with Crippen LogP contribution >= 0.6 is 11.6 Å². The number of aryl methyl sites for hydroxylation is 3. The predicted molar refractivity (Wildman–Crippen MR) is 122 cm³/mol. The Kier molecular flexibility index (Phi) is 4.18. The molecule has 1 saturated heterocycles. The van der Waals surface area contributed by atoms with Crippen molar-refractivity contribution < 1.29 is 4.79 Å². The number of rotatable bonds is 3. The molecule has 8 nitrogen and oxygen atoms in total. The van der Waals surface area contributed by atoms with Crippen LogP contribution in [0.15, 0.2) is 36.5 Å². The molecular weight excluding hydrogens is 426 g/mol. The van der Waals surface area contributed by atoms with Gasteiger partial charge in [-0.1, -0.05) is 28.9 Å². The fraction of sp³-hybridized carbons (Fsp3) is 0.304. The van der Waals surface area contributed by atoms with E-state index in [0.29, 0.717) is 22.5 Å². The maximum Gasteiger partial charge on any atom is 0.262 e. The summed E-state index contributed by atoms with van der Waals surface area (Å²) in [5.74, 6) is 0.559. The van der Waals surface area contributed by atoms with Crippen LogP contribution in [0, 0.1) is 13.8 Å². The number of nitrogens with one attached hydrogen (secondary N) is 1. The first-order valence-corrected chi connectivity index (χ1v) is 11.0. The lowest BCUT2D eigenvalue weighted by atomic mass is 10.0. The van der Waals surface area contributed by atoms with Gasteiger partial charge in [-0.3, -0.25) is 9.69 Å². The Morgan fingerprint density at radius 1 is 1.12 bits per heavy atom. The van der Waals surface area contributed by atoms with Gasteiger partial charge in [0.15, 0.2) is 5.65 Å². The number of aromatic nitrogens is 5. The topological polar surface area (TPSA) is 80.9 Å². The van der Waals surface area contributed by atoms with E-state index in [1.165, 1.54) is 0 Å². The van der Waals surface area contributed by atoms with Gasteiger partial charge in [0.2, 0.25) is 0 Å². The van der Waals surface area contributed by atoms with Crippen molar-refractivity contribution in [1.29, 1.82) is 0 Å². The zero-order valence-electron chi connectivity index (χ0n) is 18.0. The lowest BCUT2D eigenvalue weighted by Crippen LogP contribution is -2.44. The van der Waals surface area contributed by atoms with Gasteiger partial charge in [0.25, 0.3) is 5.91 Å². The van der Waals surface area contributed by atoms with Crippen molar-refractivity contribution in [2.75, 3.05) is 18.0 Å². The molecule has 0 aliphatic carbocycles. The van der Waals surface area contributed by atoms with Crippen LogP contribution in [0.5, 0.6) is 0 Å². The Balaban J connectivity index is 1.59. The highest BCUT2D eigenvalue weighted by molar-refractivity contribution is 6.30. The molecule has 2 aliphatic heterocycles. The van der Waals surface area contributed by atoms with Crippen LogP contribution in [0.3, 0.4) is 0 Å². The van der Waals surface area contributed by atoms with Crippen LogP contribution in [0.25, 0.3) is 11.2 Å². The molecule has 1 amide bonds. The van der Waals surface area contributed by atoms with Gasteiger partial charge in [0, 0.05) is 31.4 Å². The van der Waals surface area contributed by atoms with Crippen molar-refractivity contribution in [3.8, 4) is 0 Å². The van der Waals surface area contributed by atoms with Gasteiger partial charge in [-0.05, 0) is 48.7 Å². The third-order valence-electron chi connectivity index (χ3n) is 6.53. The van der Waals surface area contributed by atoms with Gasteiger partial charge < -0.3 is 9.88 Å². The summed E-state index contributed by atoms with van der Waals surface area (Å²) < 4.78 is 3.91. The second-order valence-electron chi connectivity index (χ2n) is 8.60. The number of anilines is 1. The normalized spacial score (nSPS) is 18.4. The summed E-state index contributed by atoms with van der Waals surface area (Å²) in [6, 6.07) is 9.68. The molecule has 1 atom stereocenters. The maximum absolute atomic E-state index is 13.9. The molecule has 0 bridgehead atoms. The molecule has 1 fully saturated rings. The quantitative estimate of drug-likeness (QED) is 0.521. The lowest BCUT2D eigenvalue weighted by molar-refractivity contribution is 0.0992. The molecule has 2 aliphatic rings. The molecule has 0 radical (unpaired) electrons. The number of carbonyl (C=O) groups is 1. The first kappa shape index (κ1) is 19.5. The molecular formula is C23H22ClN7O. The third kappa shape index (κ3) is 2.66. The predicted octanol–water partition coefficient (Wildman–Crippen LogP) is 3.33. The summed E-state index contributed by atoms with van der Waals surface area (Å²) in [4.78, 5) is 20.5. The number of benzene rings is 1. The molecule has 162 valence electrons. The molecule has 6 rings (SSSR count). The highest BCUT2D eigenvalue weighted by atomic mass is 35.5.